The molecule has 1 saturated heterocycles. The molecule has 1 amide bonds. The standard InChI is InChI=1S/C17H18F3N3O2/c1-10-15(24)21-6-7-23(10)9-14-11(2)25-16(22-14)12-4-3-5-13(8-12)17(18,19)20/h3-5,8,10H,6-7,9H2,1-2H3,(H,21,24). The van der Waals surface area contributed by atoms with Gasteiger partial charge in [0.1, 0.15) is 5.76 Å². The molecule has 134 valence electrons. The van der Waals surface area contributed by atoms with E-state index in [1.165, 1.54) is 12.1 Å². The number of aromatic nitrogens is 1. The number of hydrogen-bond donors (Lipinski definition) is 1. The van der Waals surface area contributed by atoms with Gasteiger partial charge in [0.25, 0.3) is 0 Å². The molecule has 2 heterocycles. The van der Waals surface area contributed by atoms with E-state index in [0.29, 0.717) is 31.1 Å². The highest BCUT2D eigenvalue weighted by atomic mass is 19.4. The Bertz CT molecular complexity index is 786. The molecule has 1 fully saturated rings. The van der Waals surface area contributed by atoms with Gasteiger partial charge in [-0.3, -0.25) is 9.69 Å². The van der Waals surface area contributed by atoms with Crippen molar-refractivity contribution in [3.63, 3.8) is 0 Å². The molecule has 1 aromatic carbocycles. The lowest BCUT2D eigenvalue weighted by molar-refractivity contribution is -0.137. The van der Waals surface area contributed by atoms with Gasteiger partial charge in [-0.1, -0.05) is 6.07 Å². The van der Waals surface area contributed by atoms with Gasteiger partial charge >= 0.3 is 6.18 Å². The minimum absolute atomic E-state index is 0.0505. The number of rotatable bonds is 3. The van der Waals surface area contributed by atoms with Crippen LogP contribution in [0.5, 0.6) is 0 Å². The lowest BCUT2D eigenvalue weighted by Gasteiger charge is -2.32. The van der Waals surface area contributed by atoms with Gasteiger partial charge in [-0.05, 0) is 32.0 Å². The average molecular weight is 353 g/mol. The zero-order valence-electron chi connectivity index (χ0n) is 13.9. The highest BCUT2D eigenvalue weighted by molar-refractivity contribution is 5.81. The lowest BCUT2D eigenvalue weighted by atomic mass is 10.1. The Kier molecular flexibility index (Phi) is 4.55. The van der Waals surface area contributed by atoms with Gasteiger partial charge in [0.05, 0.1) is 17.3 Å². The Hall–Kier alpha value is -2.35. The van der Waals surface area contributed by atoms with E-state index >= 15 is 0 Å². The minimum Gasteiger partial charge on any atom is -0.441 e. The predicted molar refractivity (Wildman–Crippen MR) is 84.6 cm³/mol. The van der Waals surface area contributed by atoms with Crippen molar-refractivity contribution < 1.29 is 22.4 Å². The quantitative estimate of drug-likeness (QED) is 0.922. The van der Waals surface area contributed by atoms with Crippen molar-refractivity contribution in [2.45, 2.75) is 32.6 Å². The number of nitrogens with zero attached hydrogens (tertiary/aromatic N) is 2. The van der Waals surface area contributed by atoms with Crippen molar-refractivity contribution >= 4 is 5.91 Å². The maximum Gasteiger partial charge on any atom is 0.416 e. The zero-order valence-corrected chi connectivity index (χ0v) is 13.9. The molecule has 2 aromatic rings. The largest absolute Gasteiger partial charge is 0.441 e. The van der Waals surface area contributed by atoms with E-state index in [4.69, 9.17) is 4.42 Å². The second-order valence-electron chi connectivity index (χ2n) is 6.04. The summed E-state index contributed by atoms with van der Waals surface area (Å²) in [7, 11) is 0. The highest BCUT2D eigenvalue weighted by Gasteiger charge is 2.31. The highest BCUT2D eigenvalue weighted by Crippen LogP contribution is 2.32. The molecule has 1 aliphatic heterocycles. The molecule has 0 aliphatic carbocycles. The van der Waals surface area contributed by atoms with Gasteiger partial charge in [-0.2, -0.15) is 13.2 Å². The Balaban J connectivity index is 1.84. The van der Waals surface area contributed by atoms with Crippen LogP contribution in [-0.4, -0.2) is 34.9 Å². The maximum absolute atomic E-state index is 12.9. The van der Waals surface area contributed by atoms with Gasteiger partial charge < -0.3 is 9.73 Å². The number of alkyl halides is 3. The van der Waals surface area contributed by atoms with Crippen molar-refractivity contribution in [1.82, 2.24) is 15.2 Å². The van der Waals surface area contributed by atoms with Crippen molar-refractivity contribution in [3.8, 4) is 11.5 Å². The average Bonchev–Trinajstić information content (AvgIpc) is 2.92. The summed E-state index contributed by atoms with van der Waals surface area (Å²) in [6.45, 7) is 5.16. The van der Waals surface area contributed by atoms with Crippen LogP contribution in [0.25, 0.3) is 11.5 Å². The molecule has 1 aliphatic rings. The number of hydrogen-bond acceptors (Lipinski definition) is 4. The number of oxazole rings is 1. The van der Waals surface area contributed by atoms with Gasteiger partial charge in [-0.25, -0.2) is 4.98 Å². The van der Waals surface area contributed by atoms with Crippen molar-refractivity contribution in [3.05, 3.63) is 41.3 Å². The normalized spacial score (nSPS) is 19.1. The van der Waals surface area contributed by atoms with Crippen LogP contribution in [-0.2, 0) is 17.5 Å². The van der Waals surface area contributed by atoms with Crippen LogP contribution in [0.4, 0.5) is 13.2 Å². The van der Waals surface area contributed by atoms with E-state index in [9.17, 15) is 18.0 Å². The number of piperazine rings is 1. The molecule has 1 aromatic heterocycles. The Morgan fingerprint density at radius 2 is 2.16 bits per heavy atom. The number of amides is 1. The molecule has 5 nitrogen and oxygen atoms in total. The zero-order chi connectivity index (χ0) is 18.2. The monoisotopic (exact) mass is 353 g/mol. The summed E-state index contributed by atoms with van der Waals surface area (Å²) in [5, 5.41) is 2.78. The van der Waals surface area contributed by atoms with E-state index in [2.05, 4.69) is 10.3 Å². The summed E-state index contributed by atoms with van der Waals surface area (Å²) in [6, 6.07) is 4.59. The molecule has 1 atom stereocenters. The first-order chi connectivity index (χ1) is 11.8. The fourth-order valence-corrected chi connectivity index (χ4v) is 2.76. The first-order valence-electron chi connectivity index (χ1n) is 7.91. The maximum atomic E-state index is 12.9. The van der Waals surface area contributed by atoms with E-state index < -0.39 is 11.7 Å². The third kappa shape index (κ3) is 3.68. The van der Waals surface area contributed by atoms with Gasteiger partial charge in [0, 0.05) is 25.2 Å². The summed E-state index contributed by atoms with van der Waals surface area (Å²) in [5.41, 5.74) is 0.145. The van der Waals surface area contributed by atoms with Crippen molar-refractivity contribution in [2.75, 3.05) is 13.1 Å². The number of carbonyl (C=O) groups excluding carboxylic acids is 1. The van der Waals surface area contributed by atoms with Crippen molar-refractivity contribution in [2.24, 2.45) is 0 Å². The van der Waals surface area contributed by atoms with Crippen LogP contribution in [0.1, 0.15) is 23.9 Å². The molecular formula is C17H18F3N3O2. The minimum atomic E-state index is -4.42. The number of halogens is 3. The number of aryl methyl sites for hydroxylation is 1. The number of nitrogens with one attached hydrogen (secondary N) is 1. The van der Waals surface area contributed by atoms with E-state index in [0.717, 1.165) is 12.1 Å². The van der Waals surface area contributed by atoms with Gasteiger partial charge in [0.2, 0.25) is 11.8 Å². The molecule has 8 heteroatoms. The van der Waals surface area contributed by atoms with E-state index in [1.54, 1.807) is 13.8 Å². The van der Waals surface area contributed by atoms with E-state index in [1.807, 2.05) is 4.90 Å². The molecule has 0 saturated carbocycles. The van der Waals surface area contributed by atoms with Crippen LogP contribution in [0, 0.1) is 6.92 Å². The topological polar surface area (TPSA) is 58.4 Å². The Morgan fingerprint density at radius 1 is 1.40 bits per heavy atom. The molecule has 1 N–H and O–H groups in total. The van der Waals surface area contributed by atoms with Crippen LogP contribution in [0.2, 0.25) is 0 Å². The van der Waals surface area contributed by atoms with Crippen LogP contribution in [0.3, 0.4) is 0 Å². The molecule has 0 radical (unpaired) electrons. The summed E-state index contributed by atoms with van der Waals surface area (Å²) in [6.07, 6.45) is -4.42. The predicted octanol–water partition coefficient (Wildman–Crippen LogP) is 2.99. The van der Waals surface area contributed by atoms with Crippen LogP contribution < -0.4 is 5.32 Å². The third-order valence-corrected chi connectivity index (χ3v) is 4.31. The SMILES string of the molecule is Cc1oc(-c2cccc(C(F)(F)F)c2)nc1CN1CCNC(=O)C1C. The number of benzene rings is 1. The smallest absolute Gasteiger partial charge is 0.416 e. The lowest BCUT2D eigenvalue weighted by Crippen LogP contribution is -2.53. The third-order valence-electron chi connectivity index (χ3n) is 4.31. The fraction of sp³-hybridized carbons (Fsp3) is 0.412. The number of carbonyl (C=O) groups is 1. The second kappa shape index (κ2) is 6.51. The second-order valence-corrected chi connectivity index (χ2v) is 6.04. The molecule has 0 bridgehead atoms. The molecule has 1 unspecified atom stereocenters. The van der Waals surface area contributed by atoms with Crippen LogP contribution >= 0.6 is 0 Å². The summed E-state index contributed by atoms with van der Waals surface area (Å²) >= 11 is 0. The van der Waals surface area contributed by atoms with Gasteiger partial charge in [-0.15, -0.1) is 0 Å². The Morgan fingerprint density at radius 3 is 2.88 bits per heavy atom. The van der Waals surface area contributed by atoms with Crippen molar-refractivity contribution in [1.29, 1.82) is 0 Å². The first kappa shape index (κ1) is 17.5. The molecule has 3 rings (SSSR count). The van der Waals surface area contributed by atoms with Crippen LogP contribution in [0.15, 0.2) is 28.7 Å². The first-order valence-corrected chi connectivity index (χ1v) is 7.91. The summed E-state index contributed by atoms with van der Waals surface area (Å²) in [4.78, 5) is 18.0. The summed E-state index contributed by atoms with van der Waals surface area (Å²) in [5.74, 6) is 0.629. The van der Waals surface area contributed by atoms with E-state index in [-0.39, 0.29) is 23.4 Å². The summed E-state index contributed by atoms with van der Waals surface area (Å²) < 4.78 is 44.2. The van der Waals surface area contributed by atoms with Gasteiger partial charge in [0.15, 0.2) is 0 Å². The Labute approximate surface area is 142 Å². The molecule has 25 heavy (non-hydrogen) atoms. The fourth-order valence-electron chi connectivity index (χ4n) is 2.76. The molecule has 0 spiro atoms. The molecular weight excluding hydrogens is 335 g/mol.